The van der Waals surface area contributed by atoms with Gasteiger partial charge in [0, 0.05) is 19.1 Å². The normalized spacial score (nSPS) is 10.7. The number of hydrogen-bond donors (Lipinski definition) is 0. The van der Waals surface area contributed by atoms with Crippen LogP contribution in [0.4, 0.5) is 0 Å². The third-order valence-corrected chi connectivity index (χ3v) is 10.9. The molecule has 0 spiro atoms. The van der Waals surface area contributed by atoms with Gasteiger partial charge in [0.25, 0.3) is 0 Å². The maximum Gasteiger partial charge on any atom is 0.119 e. The monoisotopic (exact) mass is 839 g/mol. The van der Waals surface area contributed by atoms with E-state index < -0.39 is 0 Å². The molecule has 0 bridgehead atoms. The van der Waals surface area contributed by atoms with Crippen LogP contribution >= 0.6 is 0 Å². The van der Waals surface area contributed by atoms with Gasteiger partial charge in [-0.05, 0) is 98.5 Å². The molecular formula is C60H70O3. The molecule has 3 nitrogen and oxygen atoms in total. The summed E-state index contributed by atoms with van der Waals surface area (Å²) < 4.78 is 16.8. The van der Waals surface area contributed by atoms with Crippen molar-refractivity contribution in [3.8, 4) is 5.75 Å². The van der Waals surface area contributed by atoms with Crippen LogP contribution in [0.2, 0.25) is 0 Å². The molecule has 0 saturated carbocycles. The lowest BCUT2D eigenvalue weighted by Crippen LogP contribution is -2.00. The lowest BCUT2D eigenvalue weighted by atomic mass is 9.87. The fourth-order valence-electron chi connectivity index (χ4n) is 7.41. The van der Waals surface area contributed by atoms with Gasteiger partial charge in [0.2, 0.25) is 0 Å². The van der Waals surface area contributed by atoms with Crippen molar-refractivity contribution in [1.82, 2.24) is 0 Å². The van der Waals surface area contributed by atoms with E-state index in [9.17, 15) is 0 Å². The summed E-state index contributed by atoms with van der Waals surface area (Å²) >= 11 is 0. The Labute approximate surface area is 379 Å². The van der Waals surface area contributed by atoms with Crippen molar-refractivity contribution in [3.05, 3.63) is 210 Å². The van der Waals surface area contributed by atoms with Gasteiger partial charge in [-0.1, -0.05) is 223 Å². The summed E-state index contributed by atoms with van der Waals surface area (Å²) in [6.07, 6.45) is 9.49. The van der Waals surface area contributed by atoms with Crippen molar-refractivity contribution in [1.29, 1.82) is 0 Å². The average molecular weight is 839 g/mol. The van der Waals surface area contributed by atoms with Gasteiger partial charge in [-0.3, -0.25) is 0 Å². The molecule has 3 heteroatoms. The van der Waals surface area contributed by atoms with Gasteiger partial charge in [0.05, 0.1) is 19.8 Å². The van der Waals surface area contributed by atoms with Crippen LogP contribution in [0.5, 0.6) is 5.75 Å². The smallest absolute Gasteiger partial charge is 0.119 e. The Morgan fingerprint density at radius 3 is 1.54 bits per heavy atom. The van der Waals surface area contributed by atoms with Crippen molar-refractivity contribution in [2.75, 3.05) is 19.8 Å². The molecule has 0 amide bonds. The first-order valence-electron chi connectivity index (χ1n) is 23.4. The maximum absolute atomic E-state index is 5.65. The van der Waals surface area contributed by atoms with E-state index in [1.165, 1.54) is 86.7 Å². The Kier molecular flexibility index (Phi) is 22.1. The summed E-state index contributed by atoms with van der Waals surface area (Å²) in [5, 5.41) is 7.68. The second-order valence-electron chi connectivity index (χ2n) is 16.0. The molecule has 0 heterocycles. The molecule has 8 rings (SSSR count). The number of rotatable bonds is 18. The van der Waals surface area contributed by atoms with Gasteiger partial charge < -0.3 is 14.2 Å². The van der Waals surface area contributed by atoms with Crippen LogP contribution in [-0.4, -0.2) is 19.8 Å². The van der Waals surface area contributed by atoms with Crippen LogP contribution < -0.4 is 4.74 Å². The largest absolute Gasteiger partial charge is 0.494 e. The van der Waals surface area contributed by atoms with Crippen LogP contribution in [0.25, 0.3) is 32.3 Å². The highest BCUT2D eigenvalue weighted by molar-refractivity contribution is 5.86. The standard InChI is InChI=1S/C17H20.C15H18O.2C14H16O/c1-2-3-14-17(15-10-6-4-7-11-15)16-12-8-5-9-13-16;1-2-3-10-16-12-13-8-9-14-6-4-5-7-15(14)11-13;1-2-10-15-11-13-8-5-7-12-6-3-4-9-14(12)13;1-2-3-10-15-14-9-8-12-6-4-5-7-13(12)11-14/h4-13,17H,2-3,14H2,1H3;4-9,11H,2-3,10,12H2,1H3;3-9H,2,10-11H2,1H3;4-9,11H,2-3,10H2,1H3. The Bertz CT molecular complexity index is 2370. The van der Waals surface area contributed by atoms with Gasteiger partial charge in [0.1, 0.15) is 5.75 Å². The third kappa shape index (κ3) is 16.8. The van der Waals surface area contributed by atoms with Crippen LogP contribution in [0.3, 0.4) is 0 Å². The van der Waals surface area contributed by atoms with Crippen molar-refractivity contribution in [2.45, 2.75) is 98.2 Å². The molecule has 0 unspecified atom stereocenters. The molecule has 0 N–H and O–H groups in total. The predicted octanol–water partition coefficient (Wildman–Crippen LogP) is 17.0. The van der Waals surface area contributed by atoms with Gasteiger partial charge in [-0.2, -0.15) is 0 Å². The van der Waals surface area contributed by atoms with Gasteiger partial charge in [-0.25, -0.2) is 0 Å². The second kappa shape index (κ2) is 28.8. The van der Waals surface area contributed by atoms with Gasteiger partial charge in [-0.15, -0.1) is 0 Å². The minimum absolute atomic E-state index is 0.553. The van der Waals surface area contributed by atoms with Crippen LogP contribution in [0, 0.1) is 0 Å². The number of fused-ring (bicyclic) bond motifs is 3. The quantitative estimate of drug-likeness (QED) is 0.0806. The lowest BCUT2D eigenvalue weighted by Gasteiger charge is -2.17. The molecular weight excluding hydrogens is 769 g/mol. The van der Waals surface area contributed by atoms with Gasteiger partial charge in [0.15, 0.2) is 0 Å². The fourth-order valence-corrected chi connectivity index (χ4v) is 7.41. The minimum atomic E-state index is 0.553. The molecule has 0 aliphatic heterocycles. The first-order valence-corrected chi connectivity index (χ1v) is 23.4. The molecule has 8 aromatic carbocycles. The molecule has 0 aliphatic carbocycles. The molecule has 0 saturated heterocycles. The number of ether oxygens (including phenoxy) is 3. The van der Waals surface area contributed by atoms with Crippen LogP contribution in [0.15, 0.2) is 188 Å². The Balaban J connectivity index is 0.000000159. The van der Waals surface area contributed by atoms with E-state index in [1.807, 2.05) is 6.07 Å². The van der Waals surface area contributed by atoms with E-state index in [-0.39, 0.29) is 0 Å². The zero-order chi connectivity index (χ0) is 44.2. The van der Waals surface area contributed by atoms with Gasteiger partial charge >= 0.3 is 0 Å². The lowest BCUT2D eigenvalue weighted by molar-refractivity contribution is 0.118. The van der Waals surface area contributed by atoms with Crippen LogP contribution in [-0.2, 0) is 22.7 Å². The van der Waals surface area contributed by atoms with E-state index in [1.54, 1.807) is 0 Å². The molecule has 0 fully saturated rings. The molecule has 328 valence electrons. The first kappa shape index (κ1) is 48.3. The fraction of sp³-hybridized carbons (Fsp3) is 0.300. The second-order valence-corrected chi connectivity index (χ2v) is 16.0. The highest BCUT2D eigenvalue weighted by Gasteiger charge is 2.12. The topological polar surface area (TPSA) is 27.7 Å². The molecule has 0 atom stereocenters. The zero-order valence-corrected chi connectivity index (χ0v) is 38.4. The Morgan fingerprint density at radius 1 is 0.381 bits per heavy atom. The van der Waals surface area contributed by atoms with E-state index in [0.717, 1.165) is 58.0 Å². The number of benzene rings is 8. The van der Waals surface area contributed by atoms with E-state index >= 15 is 0 Å². The zero-order valence-electron chi connectivity index (χ0n) is 38.4. The maximum atomic E-state index is 5.65. The number of hydrogen-bond acceptors (Lipinski definition) is 3. The van der Waals surface area contributed by atoms with Crippen molar-refractivity contribution in [2.24, 2.45) is 0 Å². The van der Waals surface area contributed by atoms with Crippen molar-refractivity contribution < 1.29 is 14.2 Å². The third-order valence-electron chi connectivity index (χ3n) is 10.9. The summed E-state index contributed by atoms with van der Waals surface area (Å²) in [4.78, 5) is 0. The van der Waals surface area contributed by atoms with Crippen LogP contribution in [0.1, 0.15) is 107 Å². The summed E-state index contributed by atoms with van der Waals surface area (Å²) in [7, 11) is 0. The van der Waals surface area contributed by atoms with Crippen molar-refractivity contribution in [3.63, 3.8) is 0 Å². The summed E-state index contributed by atoms with van der Waals surface area (Å²) in [5.41, 5.74) is 5.41. The van der Waals surface area contributed by atoms with E-state index in [4.69, 9.17) is 14.2 Å². The first-order chi connectivity index (χ1) is 31.1. The summed E-state index contributed by atoms with van der Waals surface area (Å²) in [5.74, 6) is 1.53. The highest BCUT2D eigenvalue weighted by atomic mass is 16.5. The summed E-state index contributed by atoms with van der Waals surface area (Å²) in [6, 6.07) is 66.0. The minimum Gasteiger partial charge on any atom is -0.494 e. The van der Waals surface area contributed by atoms with E-state index in [0.29, 0.717) is 5.92 Å². The molecule has 0 radical (unpaired) electrons. The SMILES string of the molecule is CCCCC(c1ccccc1)c1ccccc1.CCCCOCc1ccc2ccccc2c1.CCCCOc1ccc2ccccc2c1.CCCOCc1cccc2ccccc12. The Morgan fingerprint density at radius 2 is 0.905 bits per heavy atom. The predicted molar refractivity (Wildman–Crippen MR) is 271 cm³/mol. The average Bonchev–Trinajstić information content (AvgIpc) is 3.34. The molecule has 63 heavy (non-hydrogen) atoms. The molecule has 8 aromatic rings. The molecule has 0 aliphatic rings. The summed E-state index contributed by atoms with van der Waals surface area (Å²) in [6.45, 7) is 12.7. The highest BCUT2D eigenvalue weighted by Crippen LogP contribution is 2.29. The number of unbranched alkanes of at least 4 members (excludes halogenated alkanes) is 3. The Hall–Kier alpha value is -5.74. The molecule has 0 aromatic heterocycles. The van der Waals surface area contributed by atoms with E-state index in [2.05, 4.69) is 210 Å². The van der Waals surface area contributed by atoms with Crippen molar-refractivity contribution >= 4 is 32.3 Å².